The molecule has 0 aliphatic carbocycles. The lowest BCUT2D eigenvalue weighted by Gasteiger charge is -2.25. The van der Waals surface area contributed by atoms with Gasteiger partial charge >= 0.3 is 0 Å². The molecule has 5 nitrogen and oxygen atoms in total. The van der Waals surface area contributed by atoms with E-state index in [9.17, 15) is 4.39 Å². The molecule has 2 N–H and O–H groups in total. The summed E-state index contributed by atoms with van der Waals surface area (Å²) in [5.41, 5.74) is 9.51. The molecular formula is C19H19FN4O. The second-order valence-corrected chi connectivity index (χ2v) is 6.17. The highest BCUT2D eigenvalue weighted by molar-refractivity contribution is 5.79. The van der Waals surface area contributed by atoms with Crippen LogP contribution in [0.1, 0.15) is 18.9 Å². The zero-order chi connectivity index (χ0) is 17.2. The minimum Gasteiger partial charge on any atom is -0.384 e. The van der Waals surface area contributed by atoms with Crippen molar-refractivity contribution in [2.45, 2.75) is 18.9 Å². The first-order valence-corrected chi connectivity index (χ1v) is 8.35. The summed E-state index contributed by atoms with van der Waals surface area (Å²) < 4.78 is 21.0. The van der Waals surface area contributed by atoms with Crippen LogP contribution in [0.15, 0.2) is 48.9 Å². The van der Waals surface area contributed by atoms with Gasteiger partial charge in [0.05, 0.1) is 17.7 Å². The molecule has 0 saturated carbocycles. The van der Waals surface area contributed by atoms with Crippen molar-refractivity contribution in [1.82, 2.24) is 14.5 Å². The van der Waals surface area contributed by atoms with Crippen LogP contribution in [0, 0.1) is 5.82 Å². The highest BCUT2D eigenvalue weighted by atomic mass is 19.1. The van der Waals surface area contributed by atoms with Crippen LogP contribution in [-0.2, 0) is 4.74 Å². The number of nitrogens with zero attached hydrogens (tertiary/aromatic N) is 3. The van der Waals surface area contributed by atoms with Gasteiger partial charge in [0.25, 0.3) is 0 Å². The molecule has 1 aromatic carbocycles. The molecule has 1 aliphatic rings. The first kappa shape index (κ1) is 15.8. The highest BCUT2D eigenvalue weighted by Crippen LogP contribution is 2.36. The van der Waals surface area contributed by atoms with Gasteiger partial charge in [0.15, 0.2) is 0 Å². The number of halogens is 1. The van der Waals surface area contributed by atoms with E-state index in [1.54, 1.807) is 18.3 Å². The molecule has 1 saturated heterocycles. The lowest BCUT2D eigenvalue weighted by Crippen LogP contribution is -2.19. The van der Waals surface area contributed by atoms with Gasteiger partial charge in [-0.05, 0) is 49.2 Å². The van der Waals surface area contributed by atoms with E-state index in [-0.39, 0.29) is 5.82 Å². The Balaban J connectivity index is 1.86. The molecule has 0 unspecified atom stereocenters. The minimum absolute atomic E-state index is 0.262. The number of benzene rings is 1. The molecule has 128 valence electrons. The zero-order valence-corrected chi connectivity index (χ0v) is 13.7. The van der Waals surface area contributed by atoms with E-state index in [0.29, 0.717) is 11.9 Å². The van der Waals surface area contributed by atoms with Crippen molar-refractivity contribution in [1.29, 1.82) is 0 Å². The summed E-state index contributed by atoms with van der Waals surface area (Å²) in [7, 11) is 0. The normalized spacial score (nSPS) is 15.4. The van der Waals surface area contributed by atoms with Crippen LogP contribution in [-0.4, -0.2) is 27.7 Å². The predicted molar refractivity (Wildman–Crippen MR) is 94.4 cm³/mol. The molecule has 3 heterocycles. The maximum absolute atomic E-state index is 13.3. The smallest absolute Gasteiger partial charge is 0.123 e. The Hall–Kier alpha value is -2.73. The molecule has 6 heteroatoms. The number of ether oxygens (including phenoxy) is 1. The van der Waals surface area contributed by atoms with Crippen molar-refractivity contribution in [2.75, 3.05) is 18.9 Å². The van der Waals surface area contributed by atoms with Crippen molar-refractivity contribution >= 4 is 5.82 Å². The van der Waals surface area contributed by atoms with E-state index in [1.165, 1.54) is 12.1 Å². The van der Waals surface area contributed by atoms with Gasteiger partial charge < -0.3 is 15.0 Å². The number of rotatable bonds is 3. The number of hydrogen-bond donors (Lipinski definition) is 1. The van der Waals surface area contributed by atoms with Crippen molar-refractivity contribution in [2.24, 2.45) is 0 Å². The van der Waals surface area contributed by atoms with E-state index in [2.05, 4.69) is 14.5 Å². The van der Waals surface area contributed by atoms with Gasteiger partial charge in [-0.2, -0.15) is 0 Å². The molecule has 2 aromatic heterocycles. The molecule has 0 spiro atoms. The van der Waals surface area contributed by atoms with Crippen LogP contribution in [0.2, 0.25) is 0 Å². The lowest BCUT2D eigenvalue weighted by atomic mass is 10.0. The van der Waals surface area contributed by atoms with Gasteiger partial charge in [0.1, 0.15) is 11.6 Å². The summed E-state index contributed by atoms with van der Waals surface area (Å²) >= 11 is 0. The van der Waals surface area contributed by atoms with E-state index in [1.807, 2.05) is 18.5 Å². The molecule has 0 atom stereocenters. The van der Waals surface area contributed by atoms with Crippen LogP contribution in [0.25, 0.3) is 22.5 Å². The second-order valence-electron chi connectivity index (χ2n) is 6.17. The first-order valence-electron chi connectivity index (χ1n) is 8.35. The van der Waals surface area contributed by atoms with Gasteiger partial charge in [0, 0.05) is 36.6 Å². The molecule has 1 fully saturated rings. The Kier molecular flexibility index (Phi) is 4.19. The van der Waals surface area contributed by atoms with Crippen molar-refractivity contribution in [3.63, 3.8) is 0 Å². The molecule has 0 radical (unpaired) electrons. The van der Waals surface area contributed by atoms with Gasteiger partial charge in [0.2, 0.25) is 0 Å². The maximum Gasteiger partial charge on any atom is 0.123 e. The summed E-state index contributed by atoms with van der Waals surface area (Å²) in [5.74, 6) is 0.199. The Morgan fingerprint density at radius 1 is 1.04 bits per heavy atom. The third-order valence-electron chi connectivity index (χ3n) is 4.55. The van der Waals surface area contributed by atoms with Gasteiger partial charge in [-0.25, -0.2) is 14.4 Å². The topological polar surface area (TPSA) is 66.0 Å². The summed E-state index contributed by atoms with van der Waals surface area (Å²) in [6.45, 7) is 1.49. The maximum atomic E-state index is 13.3. The van der Waals surface area contributed by atoms with E-state index < -0.39 is 0 Å². The fourth-order valence-electron chi connectivity index (χ4n) is 3.30. The van der Waals surface area contributed by atoms with Crippen molar-refractivity contribution in [3.8, 4) is 22.5 Å². The predicted octanol–water partition coefficient (Wildman–Crippen LogP) is 3.68. The molecule has 25 heavy (non-hydrogen) atoms. The second kappa shape index (κ2) is 6.64. The average Bonchev–Trinajstić information content (AvgIpc) is 3.08. The molecular weight excluding hydrogens is 319 g/mol. The van der Waals surface area contributed by atoms with Crippen LogP contribution in [0.4, 0.5) is 10.2 Å². The van der Waals surface area contributed by atoms with Crippen LogP contribution in [0.3, 0.4) is 0 Å². The van der Waals surface area contributed by atoms with Crippen LogP contribution in [0.5, 0.6) is 0 Å². The fraction of sp³-hybridized carbons (Fsp3) is 0.263. The van der Waals surface area contributed by atoms with E-state index in [0.717, 1.165) is 48.6 Å². The molecule has 0 amide bonds. The average molecular weight is 338 g/mol. The Morgan fingerprint density at radius 2 is 1.80 bits per heavy atom. The summed E-state index contributed by atoms with van der Waals surface area (Å²) in [4.78, 5) is 8.72. The van der Waals surface area contributed by atoms with Crippen LogP contribution >= 0.6 is 0 Å². The number of pyridine rings is 1. The number of nitrogen functional groups attached to an aromatic ring is 1. The molecule has 3 aromatic rings. The number of aromatic nitrogens is 3. The molecule has 0 bridgehead atoms. The van der Waals surface area contributed by atoms with Gasteiger partial charge in [-0.3, -0.25) is 0 Å². The SMILES string of the molecule is Nc1cc(-c2c(-c3ccc(F)cc3)ncn2C2CCOCC2)ccn1. The number of nitrogens with two attached hydrogens (primary N) is 1. The third-order valence-corrected chi connectivity index (χ3v) is 4.55. The van der Waals surface area contributed by atoms with E-state index >= 15 is 0 Å². The van der Waals surface area contributed by atoms with E-state index in [4.69, 9.17) is 10.5 Å². The highest BCUT2D eigenvalue weighted by Gasteiger charge is 2.22. The Bertz CT molecular complexity index is 869. The summed E-state index contributed by atoms with van der Waals surface area (Å²) in [6, 6.07) is 10.5. The van der Waals surface area contributed by atoms with Gasteiger partial charge in [-0.15, -0.1) is 0 Å². The molecule has 1 aliphatic heterocycles. The zero-order valence-electron chi connectivity index (χ0n) is 13.7. The summed E-state index contributed by atoms with van der Waals surface area (Å²) in [5, 5.41) is 0. The van der Waals surface area contributed by atoms with Gasteiger partial charge in [-0.1, -0.05) is 0 Å². The number of hydrogen-bond acceptors (Lipinski definition) is 4. The molecule has 4 rings (SSSR count). The first-order chi connectivity index (χ1) is 12.2. The number of imidazole rings is 1. The number of anilines is 1. The van der Waals surface area contributed by atoms with Crippen molar-refractivity contribution in [3.05, 3.63) is 54.7 Å². The fourth-order valence-corrected chi connectivity index (χ4v) is 3.30. The Labute approximate surface area is 145 Å². The van der Waals surface area contributed by atoms with Crippen molar-refractivity contribution < 1.29 is 9.13 Å². The Morgan fingerprint density at radius 3 is 2.52 bits per heavy atom. The largest absolute Gasteiger partial charge is 0.384 e. The standard InChI is InChI=1S/C19H19FN4O/c20-15-3-1-13(2-4-15)18-19(14-5-8-22-17(21)11-14)24(12-23-18)16-6-9-25-10-7-16/h1-5,8,11-12,16H,6-7,9-10H2,(H2,21,22). The minimum atomic E-state index is -0.262. The quantitative estimate of drug-likeness (QED) is 0.791. The lowest BCUT2D eigenvalue weighted by molar-refractivity contribution is 0.0699. The monoisotopic (exact) mass is 338 g/mol. The summed E-state index contributed by atoms with van der Waals surface area (Å²) in [6.07, 6.45) is 5.43. The third kappa shape index (κ3) is 3.13. The van der Waals surface area contributed by atoms with Crippen LogP contribution < -0.4 is 5.73 Å².